The number of rotatable bonds is 106. The van der Waals surface area contributed by atoms with Crippen molar-refractivity contribution < 1.29 is 0 Å². The number of unbranched alkanes of at least 4 members (excludes halogenated alkanes) is 85. The Bertz CT molecular complexity index is 3390. The molecule has 876 valence electrons. The second-order valence-electron chi connectivity index (χ2n) is 46.9. The predicted octanol–water partition coefficient (Wildman–Crippen LogP) is 40.7. The van der Waals surface area contributed by atoms with E-state index >= 15 is 0 Å². The van der Waals surface area contributed by atoms with Gasteiger partial charge >= 0.3 is 0 Å². The minimum absolute atomic E-state index is 0.0452. The Kier molecular flexibility index (Phi) is 106. The van der Waals surface area contributed by atoms with Crippen LogP contribution in [0, 0.1) is 0 Å². The zero-order chi connectivity index (χ0) is 109. The first-order valence-corrected chi connectivity index (χ1v) is 66.2. The summed E-state index contributed by atoms with van der Waals surface area (Å²) in [6.45, 7) is 31.6. The van der Waals surface area contributed by atoms with Crippen LogP contribution in [0.15, 0.2) is 19.0 Å². The molecule has 0 radical (unpaired) electrons. The van der Waals surface area contributed by atoms with Gasteiger partial charge in [-0.25, -0.2) is 14.0 Å². The molecule has 0 aliphatic heterocycles. The SMILES string of the molecule is CCCCCCCCCCCCCCCCCC(C)(C)c1nn[nH]n1.CCCCCCCCCCCCCCCCCC(C)(CC)n1cnnn1.CCCCCCCCCCCCCCCCCC(C)c1nn[nH]n1.CCCCCCCCCCCCCCCCCC(CC)(CC)n1cnnn1.CCCCCCCCCCCCCCCCCC(CC)n1cnnn1.CCCCCCCCCCCCCCCCCCc1nn[nH]n1. The third kappa shape index (κ3) is 88.5. The van der Waals surface area contributed by atoms with Crippen LogP contribution in [0.2, 0.25) is 0 Å². The Morgan fingerprint density at radius 2 is 0.513 bits per heavy atom. The molecular formula is C126H252N24. The maximum atomic E-state index is 4.17. The highest BCUT2D eigenvalue weighted by atomic mass is 15.6. The van der Waals surface area contributed by atoms with Gasteiger partial charge in [-0.1, -0.05) is 684 Å². The lowest BCUT2D eigenvalue weighted by Gasteiger charge is -2.31. The summed E-state index contributed by atoms with van der Waals surface area (Å²) in [5, 5.41) is 77.9. The molecule has 0 aromatic carbocycles. The van der Waals surface area contributed by atoms with Crippen LogP contribution in [-0.4, -0.2) is 122 Å². The molecule has 24 heteroatoms. The maximum absolute atomic E-state index is 4.17. The number of aryl methyl sites for hydroxylation is 1. The number of nitrogens with zero attached hydrogens (tertiary/aromatic N) is 21. The van der Waals surface area contributed by atoms with E-state index in [2.05, 4.69) is 205 Å². The smallest absolute Gasteiger partial charge is 0.180 e. The van der Waals surface area contributed by atoms with Crippen LogP contribution in [0.3, 0.4) is 0 Å². The van der Waals surface area contributed by atoms with Gasteiger partial charge in [0.1, 0.15) is 19.0 Å². The van der Waals surface area contributed by atoms with Gasteiger partial charge in [0.05, 0.1) is 17.1 Å². The number of nitrogens with one attached hydrogen (secondary N) is 3. The molecule has 3 N–H and O–H groups in total. The number of hydrogen-bond acceptors (Lipinski definition) is 18. The van der Waals surface area contributed by atoms with Crippen LogP contribution < -0.4 is 0 Å². The standard InChI is InChI=1S/C23H46N4.C22H44N4.2C21H42N4.C20H40N4.C19H38N4/c1-4-7-8-9-10-11-12-13-14-15-16-17-18-19-20-21-23(5-2,6-3)27-22-24-25-26-27;1-4-6-7-8-9-10-11-12-13-14-15-16-17-18-19-20-22(3,5-2)26-21-23-24-25-26;1-4-5-6-7-8-9-10-11-12-13-14-15-16-17-18-19-21(2,3)20-22-24-25-23-20;1-3-5-6-7-8-9-10-11-12-13-14-15-16-17-18-19-21(4-2)25-20-22-23-24-25;1-3-4-5-6-7-8-9-10-11-12-13-14-15-16-17-18-19(2)20-21-23-24-22-20;1-2-3-4-5-6-7-8-9-10-11-12-13-14-15-16-17-18-19-20-22-23-21-19/h22H,4-21H2,1-3H3;21H,4-20H2,1-3H3;4-19H2,1-3H3,(H,22,23,24,25);20-21H,3-19H2,1-2H3;19H,3-18H2,1-2H3,(H,21,22,23,24);2-18H2,1H3,(H,20,21,22,23). The molecule has 0 amide bonds. The summed E-state index contributed by atoms with van der Waals surface area (Å²) in [4.78, 5) is 0. The number of tetrazole rings is 6. The first kappa shape index (κ1) is 142. The zero-order valence-electron chi connectivity index (χ0n) is 102. The summed E-state index contributed by atoms with van der Waals surface area (Å²) in [5.74, 6) is 3.00. The molecule has 0 aliphatic rings. The third-order valence-corrected chi connectivity index (χ3v) is 32.8. The van der Waals surface area contributed by atoms with Crippen LogP contribution in [0.1, 0.15) is 768 Å². The highest BCUT2D eigenvalue weighted by Crippen LogP contribution is 2.33. The minimum atomic E-state index is 0.0452. The predicted molar refractivity (Wildman–Crippen MR) is 640 cm³/mol. The number of hydrogen-bond donors (Lipinski definition) is 3. The van der Waals surface area contributed by atoms with Crippen molar-refractivity contribution in [3.63, 3.8) is 0 Å². The number of aromatic nitrogens is 24. The average Bonchev–Trinajstić information content (AvgIpc) is 1.64. The van der Waals surface area contributed by atoms with Gasteiger partial charge in [0.25, 0.3) is 0 Å². The molecule has 24 nitrogen and oxygen atoms in total. The summed E-state index contributed by atoms with van der Waals surface area (Å²) in [6.07, 6.45) is 145. The number of H-pyrrole nitrogens is 3. The molecule has 6 rings (SSSR count). The Hall–Kier alpha value is -5.58. The Morgan fingerprint density at radius 1 is 0.247 bits per heavy atom. The van der Waals surface area contributed by atoms with Crippen LogP contribution in [0.25, 0.3) is 0 Å². The molecule has 0 aliphatic carbocycles. The Labute approximate surface area is 927 Å². The van der Waals surface area contributed by atoms with Crippen molar-refractivity contribution in [1.82, 2.24) is 122 Å². The van der Waals surface area contributed by atoms with Gasteiger partial charge in [0, 0.05) is 17.8 Å². The van der Waals surface area contributed by atoms with Crippen LogP contribution >= 0.6 is 0 Å². The van der Waals surface area contributed by atoms with Gasteiger partial charge < -0.3 is 0 Å². The van der Waals surface area contributed by atoms with E-state index in [4.69, 9.17) is 0 Å². The molecule has 0 bridgehead atoms. The molecule has 0 fully saturated rings. The van der Waals surface area contributed by atoms with Crippen LogP contribution in [-0.2, 0) is 22.9 Å². The lowest BCUT2D eigenvalue weighted by molar-refractivity contribution is 0.203. The maximum Gasteiger partial charge on any atom is 0.180 e. The monoisotopic (exact) mass is 2100 g/mol. The van der Waals surface area contributed by atoms with Gasteiger partial charge in [0.15, 0.2) is 17.5 Å². The van der Waals surface area contributed by atoms with Crippen molar-refractivity contribution in [3.8, 4) is 0 Å². The van der Waals surface area contributed by atoms with Crippen molar-refractivity contribution >= 4 is 0 Å². The highest BCUT2D eigenvalue weighted by Gasteiger charge is 2.30. The van der Waals surface area contributed by atoms with Gasteiger partial charge in [-0.05, 0) is 102 Å². The van der Waals surface area contributed by atoms with E-state index in [0.29, 0.717) is 12.0 Å². The Balaban J connectivity index is 0.000000901. The summed E-state index contributed by atoms with van der Waals surface area (Å²) in [5.41, 5.74) is 0.254. The van der Waals surface area contributed by atoms with Crippen molar-refractivity contribution in [1.29, 1.82) is 0 Å². The molecule has 6 aromatic rings. The van der Waals surface area contributed by atoms with E-state index < -0.39 is 0 Å². The third-order valence-electron chi connectivity index (χ3n) is 32.8. The summed E-state index contributed by atoms with van der Waals surface area (Å²) < 4.78 is 5.86. The largest absolute Gasteiger partial charge is 0.229 e. The molecular weight excluding hydrogens is 1850 g/mol. The lowest BCUT2D eigenvalue weighted by atomic mass is 9.86. The summed E-state index contributed by atoms with van der Waals surface area (Å²) in [7, 11) is 0. The second kappa shape index (κ2) is 112. The fourth-order valence-electron chi connectivity index (χ4n) is 21.5. The van der Waals surface area contributed by atoms with Crippen LogP contribution in [0.5, 0.6) is 0 Å². The topological polar surface area (TPSA) is 294 Å². The van der Waals surface area contributed by atoms with E-state index in [1.807, 2.05) is 14.0 Å². The van der Waals surface area contributed by atoms with Gasteiger partial charge in [0.2, 0.25) is 0 Å². The van der Waals surface area contributed by atoms with Crippen molar-refractivity contribution in [2.75, 3.05) is 0 Å². The second-order valence-corrected chi connectivity index (χ2v) is 46.9. The quantitative estimate of drug-likeness (QED) is 0.0299. The normalized spacial score (nSPS) is 12.4. The molecule has 0 saturated heterocycles. The minimum Gasteiger partial charge on any atom is -0.229 e. The average molecular weight is 2100 g/mol. The molecule has 3 atom stereocenters. The summed E-state index contributed by atoms with van der Waals surface area (Å²) >= 11 is 0. The van der Waals surface area contributed by atoms with Gasteiger partial charge in [-0.3, -0.25) is 0 Å². The fraction of sp³-hybridized carbons (Fsp3) is 0.952. The lowest BCUT2D eigenvalue weighted by Crippen LogP contribution is -2.33. The van der Waals surface area contributed by atoms with E-state index in [9.17, 15) is 0 Å². The van der Waals surface area contributed by atoms with Crippen molar-refractivity contribution in [2.45, 2.75) is 774 Å². The number of aromatic amines is 3. The van der Waals surface area contributed by atoms with E-state index in [0.717, 1.165) is 56.0 Å². The molecule has 0 saturated carbocycles. The molecule has 150 heavy (non-hydrogen) atoms. The van der Waals surface area contributed by atoms with Crippen molar-refractivity contribution in [2.24, 2.45) is 0 Å². The van der Waals surface area contributed by atoms with Crippen LogP contribution in [0.4, 0.5) is 0 Å². The Morgan fingerprint density at radius 3 is 0.780 bits per heavy atom. The van der Waals surface area contributed by atoms with Crippen molar-refractivity contribution in [3.05, 3.63) is 36.5 Å². The van der Waals surface area contributed by atoms with Gasteiger partial charge in [-0.15, -0.1) is 45.9 Å². The van der Waals surface area contributed by atoms with E-state index in [-0.39, 0.29) is 16.5 Å². The zero-order valence-corrected chi connectivity index (χ0v) is 102. The van der Waals surface area contributed by atoms with Gasteiger partial charge in [-0.2, -0.15) is 15.6 Å². The molecule has 0 spiro atoms. The first-order chi connectivity index (χ1) is 73.8. The highest BCUT2D eigenvalue weighted by molar-refractivity contribution is 4.99. The first-order valence-electron chi connectivity index (χ1n) is 66.2. The molecule has 6 heterocycles. The van der Waals surface area contributed by atoms with E-state index in [1.54, 1.807) is 19.0 Å². The molecule has 6 aromatic heterocycles. The fourth-order valence-corrected chi connectivity index (χ4v) is 21.5. The van der Waals surface area contributed by atoms with E-state index in [1.165, 1.54) is 610 Å². The molecule has 3 unspecified atom stereocenters. The summed E-state index contributed by atoms with van der Waals surface area (Å²) in [6, 6.07) is 0.483.